The van der Waals surface area contributed by atoms with Crippen LogP contribution in [0.25, 0.3) is 0 Å². The summed E-state index contributed by atoms with van der Waals surface area (Å²) in [6.45, 7) is 0.666. The molecule has 124 valence electrons. The van der Waals surface area contributed by atoms with Gasteiger partial charge in [-0.15, -0.1) is 0 Å². The molecule has 1 fully saturated rings. The fourth-order valence-electron chi connectivity index (χ4n) is 2.68. The molecule has 24 heavy (non-hydrogen) atoms. The third kappa shape index (κ3) is 3.23. The van der Waals surface area contributed by atoms with Gasteiger partial charge in [-0.3, -0.25) is 9.59 Å². The number of hydrogen-bond acceptors (Lipinski definition) is 2. The highest BCUT2D eigenvalue weighted by Gasteiger charge is 2.35. The lowest BCUT2D eigenvalue weighted by Crippen LogP contribution is -2.52. The van der Waals surface area contributed by atoms with E-state index in [1.54, 1.807) is 6.07 Å². The molecule has 1 heterocycles. The van der Waals surface area contributed by atoms with Crippen molar-refractivity contribution in [2.24, 2.45) is 0 Å². The molecule has 4 nitrogen and oxygen atoms in total. The van der Waals surface area contributed by atoms with E-state index in [0.717, 1.165) is 0 Å². The second-order valence-electron chi connectivity index (χ2n) is 5.37. The van der Waals surface area contributed by atoms with E-state index in [1.165, 1.54) is 41.3 Å². The second kappa shape index (κ2) is 6.79. The number of benzene rings is 2. The highest BCUT2D eigenvalue weighted by atomic mass is 35.5. The van der Waals surface area contributed by atoms with Gasteiger partial charge in [0.15, 0.2) is 0 Å². The molecule has 0 radical (unpaired) electrons. The van der Waals surface area contributed by atoms with Crippen LogP contribution in [0.3, 0.4) is 0 Å². The molecule has 0 saturated carbocycles. The maximum Gasteiger partial charge on any atom is 0.256 e. The van der Waals surface area contributed by atoms with Gasteiger partial charge in [-0.2, -0.15) is 0 Å². The van der Waals surface area contributed by atoms with E-state index >= 15 is 0 Å². The van der Waals surface area contributed by atoms with Gasteiger partial charge in [-0.1, -0.05) is 35.3 Å². The number of carbonyl (C=O) groups excluding carboxylic acids is 2. The lowest BCUT2D eigenvalue weighted by atomic mass is 10.0. The molecule has 2 aromatic carbocycles. The van der Waals surface area contributed by atoms with Crippen molar-refractivity contribution in [3.8, 4) is 0 Å². The van der Waals surface area contributed by atoms with Crippen molar-refractivity contribution in [2.75, 3.05) is 13.1 Å². The fraction of sp³-hybridized carbons (Fsp3) is 0.176. The Morgan fingerprint density at radius 2 is 1.88 bits per heavy atom. The molecule has 1 N–H and O–H groups in total. The van der Waals surface area contributed by atoms with Gasteiger partial charge >= 0.3 is 0 Å². The average Bonchev–Trinajstić information content (AvgIpc) is 2.55. The van der Waals surface area contributed by atoms with Crippen molar-refractivity contribution in [2.45, 2.75) is 6.04 Å². The van der Waals surface area contributed by atoms with Crippen LogP contribution in [0.1, 0.15) is 22.0 Å². The van der Waals surface area contributed by atoms with Crippen LogP contribution in [0.15, 0.2) is 42.5 Å². The first-order chi connectivity index (χ1) is 11.5. The third-order valence-corrected chi connectivity index (χ3v) is 4.37. The van der Waals surface area contributed by atoms with Crippen molar-refractivity contribution in [1.29, 1.82) is 0 Å². The molecule has 1 aliphatic rings. The van der Waals surface area contributed by atoms with Crippen LogP contribution in [0.2, 0.25) is 10.0 Å². The van der Waals surface area contributed by atoms with Crippen molar-refractivity contribution in [1.82, 2.24) is 10.2 Å². The Morgan fingerprint density at radius 1 is 1.17 bits per heavy atom. The van der Waals surface area contributed by atoms with Gasteiger partial charge in [-0.05, 0) is 35.9 Å². The summed E-state index contributed by atoms with van der Waals surface area (Å²) in [6.07, 6.45) is 0. The van der Waals surface area contributed by atoms with Gasteiger partial charge in [0, 0.05) is 18.1 Å². The van der Waals surface area contributed by atoms with Gasteiger partial charge in [0.05, 0.1) is 10.6 Å². The topological polar surface area (TPSA) is 49.4 Å². The fourth-order valence-corrected chi connectivity index (χ4v) is 3.17. The zero-order valence-electron chi connectivity index (χ0n) is 12.4. The number of carbonyl (C=O) groups is 2. The SMILES string of the molecule is O=C1NCCN(C(=O)c2ccc(Cl)cc2Cl)C1c1ccc(F)cc1. The lowest BCUT2D eigenvalue weighted by molar-refractivity contribution is -0.128. The Bertz CT molecular complexity index is 796. The van der Waals surface area contributed by atoms with E-state index in [9.17, 15) is 14.0 Å². The van der Waals surface area contributed by atoms with Gasteiger partial charge in [0.2, 0.25) is 5.91 Å². The Labute approximate surface area is 148 Å². The minimum Gasteiger partial charge on any atom is -0.352 e. The van der Waals surface area contributed by atoms with Gasteiger partial charge in [0.1, 0.15) is 11.9 Å². The van der Waals surface area contributed by atoms with Gasteiger partial charge in [0.25, 0.3) is 5.91 Å². The first-order valence-corrected chi connectivity index (χ1v) is 8.02. The monoisotopic (exact) mass is 366 g/mol. The zero-order valence-corrected chi connectivity index (χ0v) is 13.9. The minimum atomic E-state index is -0.835. The Morgan fingerprint density at radius 3 is 2.54 bits per heavy atom. The van der Waals surface area contributed by atoms with Crippen molar-refractivity contribution in [3.05, 3.63) is 69.5 Å². The highest BCUT2D eigenvalue weighted by Crippen LogP contribution is 2.28. The van der Waals surface area contributed by atoms with E-state index in [2.05, 4.69) is 5.32 Å². The quantitative estimate of drug-likeness (QED) is 0.884. The van der Waals surface area contributed by atoms with E-state index in [4.69, 9.17) is 23.2 Å². The lowest BCUT2D eigenvalue weighted by Gasteiger charge is -2.35. The number of halogens is 3. The molecule has 2 aromatic rings. The molecular weight excluding hydrogens is 354 g/mol. The summed E-state index contributed by atoms with van der Waals surface area (Å²) in [6, 6.07) is 9.25. The first kappa shape index (κ1) is 16.7. The average molecular weight is 367 g/mol. The second-order valence-corrected chi connectivity index (χ2v) is 6.21. The molecule has 1 aliphatic heterocycles. The zero-order chi connectivity index (χ0) is 17.3. The molecule has 0 aliphatic carbocycles. The standard InChI is InChI=1S/C17H13Cl2FN2O2/c18-11-3-6-13(14(19)9-11)17(24)22-8-7-21-16(23)15(22)10-1-4-12(20)5-2-10/h1-6,9,15H,7-8H2,(H,21,23). The van der Waals surface area contributed by atoms with Crippen LogP contribution >= 0.6 is 23.2 Å². The number of hydrogen-bond donors (Lipinski definition) is 1. The van der Waals surface area contributed by atoms with E-state index in [-0.39, 0.29) is 22.4 Å². The van der Waals surface area contributed by atoms with Crippen LogP contribution in [-0.4, -0.2) is 29.8 Å². The van der Waals surface area contributed by atoms with Crippen molar-refractivity contribution >= 4 is 35.0 Å². The molecule has 3 rings (SSSR count). The summed E-state index contributed by atoms with van der Waals surface area (Å²) >= 11 is 12.0. The van der Waals surface area contributed by atoms with Crippen molar-refractivity contribution in [3.63, 3.8) is 0 Å². The molecule has 1 atom stereocenters. The Kier molecular flexibility index (Phi) is 4.73. The highest BCUT2D eigenvalue weighted by molar-refractivity contribution is 6.36. The summed E-state index contributed by atoms with van der Waals surface area (Å²) in [4.78, 5) is 26.6. The normalized spacial score (nSPS) is 17.5. The van der Waals surface area contributed by atoms with E-state index in [1.807, 2.05) is 0 Å². The summed E-state index contributed by atoms with van der Waals surface area (Å²) in [5.74, 6) is -1.10. The predicted molar refractivity (Wildman–Crippen MR) is 89.6 cm³/mol. The van der Waals surface area contributed by atoms with E-state index in [0.29, 0.717) is 23.7 Å². The molecule has 0 aromatic heterocycles. The van der Waals surface area contributed by atoms with Gasteiger partial charge < -0.3 is 10.2 Å². The summed E-state index contributed by atoms with van der Waals surface area (Å²) in [5.41, 5.74) is 0.801. The number of amides is 2. The number of nitrogens with one attached hydrogen (secondary N) is 1. The molecule has 1 saturated heterocycles. The van der Waals surface area contributed by atoms with E-state index < -0.39 is 11.9 Å². The predicted octanol–water partition coefficient (Wildman–Crippen LogP) is 3.45. The first-order valence-electron chi connectivity index (χ1n) is 7.26. The van der Waals surface area contributed by atoms with Crippen LogP contribution in [0.4, 0.5) is 4.39 Å². The summed E-state index contributed by atoms with van der Waals surface area (Å²) in [7, 11) is 0. The molecule has 0 spiro atoms. The Balaban J connectivity index is 1.98. The molecular formula is C17H13Cl2FN2O2. The molecule has 7 heteroatoms. The van der Waals surface area contributed by atoms with Crippen molar-refractivity contribution < 1.29 is 14.0 Å². The Hall–Kier alpha value is -2.11. The maximum atomic E-state index is 13.2. The third-order valence-electron chi connectivity index (χ3n) is 3.82. The van der Waals surface area contributed by atoms with Crippen LogP contribution in [0.5, 0.6) is 0 Å². The number of piperazine rings is 1. The summed E-state index contributed by atoms with van der Waals surface area (Å²) < 4.78 is 13.2. The minimum absolute atomic E-state index is 0.219. The summed E-state index contributed by atoms with van der Waals surface area (Å²) in [5, 5.41) is 3.36. The molecule has 0 bridgehead atoms. The molecule has 1 unspecified atom stereocenters. The maximum absolute atomic E-state index is 13.2. The van der Waals surface area contributed by atoms with Crippen LogP contribution < -0.4 is 5.32 Å². The largest absolute Gasteiger partial charge is 0.352 e. The molecule has 2 amide bonds. The van der Waals surface area contributed by atoms with Gasteiger partial charge in [-0.25, -0.2) is 4.39 Å². The van der Waals surface area contributed by atoms with Crippen LogP contribution in [0, 0.1) is 5.82 Å². The smallest absolute Gasteiger partial charge is 0.256 e. The number of rotatable bonds is 2. The number of nitrogens with zero attached hydrogens (tertiary/aromatic N) is 1. The van der Waals surface area contributed by atoms with Crippen LogP contribution in [-0.2, 0) is 4.79 Å².